The van der Waals surface area contributed by atoms with Gasteiger partial charge in [0.15, 0.2) is 5.13 Å². The molecule has 0 N–H and O–H groups in total. The van der Waals surface area contributed by atoms with Gasteiger partial charge in [-0.05, 0) is 54.1 Å². The van der Waals surface area contributed by atoms with Crippen LogP contribution in [0.25, 0.3) is 10.2 Å². The Hall–Kier alpha value is -2.37. The third-order valence-electron chi connectivity index (χ3n) is 5.49. The van der Waals surface area contributed by atoms with Crippen LogP contribution in [0.5, 0.6) is 0 Å². The molecular weight excluding hydrogens is 500 g/mol. The van der Waals surface area contributed by atoms with Crippen molar-refractivity contribution in [1.82, 2.24) is 14.3 Å². The molecule has 4 heterocycles. The average Bonchev–Trinajstić information content (AvgIpc) is 3.58. The summed E-state index contributed by atoms with van der Waals surface area (Å²) in [6.07, 6.45) is 4.41. The van der Waals surface area contributed by atoms with Crippen molar-refractivity contribution >= 4 is 65.6 Å². The Morgan fingerprint density at radius 3 is 2.73 bits per heavy atom. The Bertz CT molecular complexity index is 1390. The van der Waals surface area contributed by atoms with E-state index in [0.29, 0.717) is 35.1 Å². The minimum Gasteiger partial charge on any atom is -0.282 e. The van der Waals surface area contributed by atoms with Crippen LogP contribution in [0, 0.1) is 0 Å². The number of fused-ring (bicyclic) bond motifs is 1. The summed E-state index contributed by atoms with van der Waals surface area (Å²) in [4.78, 5) is 24.1. The van der Waals surface area contributed by atoms with Crippen LogP contribution in [0.15, 0.2) is 64.4 Å². The molecule has 0 spiro atoms. The first-order valence-electron chi connectivity index (χ1n) is 10.3. The van der Waals surface area contributed by atoms with Crippen molar-refractivity contribution in [2.24, 2.45) is 0 Å². The average molecular weight is 519 g/mol. The number of para-hydroxylation sites is 1. The quantitative estimate of drug-likeness (QED) is 0.366. The number of carbonyl (C=O) groups excluding carboxylic acids is 1. The van der Waals surface area contributed by atoms with Gasteiger partial charge in [-0.3, -0.25) is 14.7 Å². The lowest BCUT2D eigenvalue weighted by atomic mass is 10.2. The minimum atomic E-state index is -3.75. The second-order valence-corrected chi connectivity index (χ2v) is 12.1. The van der Waals surface area contributed by atoms with E-state index in [1.807, 2.05) is 24.3 Å². The summed E-state index contributed by atoms with van der Waals surface area (Å²) < 4.78 is 28.9. The molecule has 0 saturated carbocycles. The number of benzene rings is 1. The lowest BCUT2D eigenvalue weighted by Crippen LogP contribution is -2.47. The fraction of sp³-hybridized carbons (Fsp3) is 0.227. The van der Waals surface area contributed by atoms with Crippen molar-refractivity contribution in [2.45, 2.75) is 29.6 Å². The van der Waals surface area contributed by atoms with Gasteiger partial charge in [0.25, 0.3) is 10.0 Å². The van der Waals surface area contributed by atoms with E-state index in [4.69, 9.17) is 11.6 Å². The normalized spacial score (nSPS) is 16.9. The third kappa shape index (κ3) is 4.29. The van der Waals surface area contributed by atoms with Crippen molar-refractivity contribution in [3.63, 3.8) is 0 Å². The number of halogens is 1. The van der Waals surface area contributed by atoms with E-state index < -0.39 is 16.1 Å². The summed E-state index contributed by atoms with van der Waals surface area (Å²) in [7, 11) is -3.75. The second-order valence-electron chi connectivity index (χ2n) is 7.57. The molecule has 1 amide bonds. The van der Waals surface area contributed by atoms with Crippen LogP contribution in [0.1, 0.15) is 18.4 Å². The summed E-state index contributed by atoms with van der Waals surface area (Å²) in [5.41, 5.74) is 1.50. The zero-order valence-corrected chi connectivity index (χ0v) is 20.5. The Kier molecular flexibility index (Phi) is 6.19. The number of hydrogen-bond acceptors (Lipinski definition) is 7. The van der Waals surface area contributed by atoms with E-state index in [2.05, 4.69) is 9.97 Å². The molecule has 7 nitrogen and oxygen atoms in total. The zero-order chi connectivity index (χ0) is 23.0. The molecule has 11 heteroatoms. The van der Waals surface area contributed by atoms with Gasteiger partial charge in [0.2, 0.25) is 5.91 Å². The lowest BCUT2D eigenvalue weighted by Gasteiger charge is -2.28. The van der Waals surface area contributed by atoms with Crippen LogP contribution in [-0.4, -0.2) is 41.2 Å². The van der Waals surface area contributed by atoms with Gasteiger partial charge in [0.05, 0.1) is 16.3 Å². The number of aromatic nitrogens is 2. The van der Waals surface area contributed by atoms with Crippen molar-refractivity contribution in [2.75, 3.05) is 11.4 Å². The topological polar surface area (TPSA) is 83.5 Å². The van der Waals surface area contributed by atoms with E-state index in [1.165, 1.54) is 15.6 Å². The number of thiophene rings is 1. The molecule has 0 radical (unpaired) electrons. The SMILES string of the molecule is O=C(C1CCCN1S(=O)(=O)c1cccs1)N(Cc1ccncc1)c1nc2c(Cl)cccc2s1. The second kappa shape index (κ2) is 9.11. The smallest absolute Gasteiger partial charge is 0.253 e. The Labute approximate surface area is 204 Å². The Morgan fingerprint density at radius 1 is 1.18 bits per heavy atom. The maximum atomic E-state index is 13.9. The molecule has 1 aliphatic rings. The molecule has 1 atom stereocenters. The highest BCUT2D eigenvalue weighted by molar-refractivity contribution is 7.91. The zero-order valence-electron chi connectivity index (χ0n) is 17.3. The highest BCUT2D eigenvalue weighted by Crippen LogP contribution is 2.36. The molecule has 1 saturated heterocycles. The number of thiazole rings is 1. The lowest BCUT2D eigenvalue weighted by molar-refractivity contribution is -0.121. The number of rotatable bonds is 6. The molecule has 5 rings (SSSR count). The number of hydrogen-bond donors (Lipinski definition) is 0. The van der Waals surface area contributed by atoms with Gasteiger partial charge in [-0.2, -0.15) is 4.31 Å². The molecule has 3 aromatic heterocycles. The minimum absolute atomic E-state index is 0.245. The monoisotopic (exact) mass is 518 g/mol. The summed E-state index contributed by atoms with van der Waals surface area (Å²) in [5.74, 6) is -0.292. The molecule has 1 fully saturated rings. The maximum absolute atomic E-state index is 13.9. The van der Waals surface area contributed by atoms with Gasteiger partial charge in [-0.15, -0.1) is 11.3 Å². The molecule has 1 aliphatic heterocycles. The first-order chi connectivity index (χ1) is 15.9. The largest absolute Gasteiger partial charge is 0.282 e. The van der Waals surface area contributed by atoms with Crippen LogP contribution in [0.4, 0.5) is 5.13 Å². The van der Waals surface area contributed by atoms with Gasteiger partial charge in [-0.1, -0.05) is 35.1 Å². The highest BCUT2D eigenvalue weighted by atomic mass is 35.5. The third-order valence-corrected chi connectivity index (χ3v) is 10.1. The van der Waals surface area contributed by atoms with Gasteiger partial charge in [-0.25, -0.2) is 13.4 Å². The first kappa shape index (κ1) is 22.4. The molecular formula is C22H19ClN4O3S3. The van der Waals surface area contributed by atoms with Gasteiger partial charge >= 0.3 is 0 Å². The number of pyridine rings is 1. The van der Waals surface area contributed by atoms with Crippen LogP contribution in [-0.2, 0) is 21.4 Å². The highest BCUT2D eigenvalue weighted by Gasteiger charge is 2.42. The van der Waals surface area contributed by atoms with Crippen molar-refractivity contribution < 1.29 is 13.2 Å². The fourth-order valence-corrected chi connectivity index (χ4v) is 7.95. The van der Waals surface area contributed by atoms with Crippen molar-refractivity contribution in [3.8, 4) is 0 Å². The number of carbonyl (C=O) groups is 1. The summed E-state index contributed by atoms with van der Waals surface area (Å²) >= 11 is 8.84. The van der Waals surface area contributed by atoms with E-state index >= 15 is 0 Å². The first-order valence-corrected chi connectivity index (χ1v) is 13.8. The maximum Gasteiger partial charge on any atom is 0.253 e. The standard InChI is InChI=1S/C22H19ClN4O3S3/c23-16-4-1-6-18-20(16)25-22(32-18)26(14-15-8-10-24-11-9-15)21(28)17-5-2-12-27(17)33(29,30)19-7-3-13-31-19/h1,3-4,6-11,13,17H,2,5,12,14H2. The van der Waals surface area contributed by atoms with Crippen LogP contribution in [0.3, 0.4) is 0 Å². The van der Waals surface area contributed by atoms with Crippen molar-refractivity contribution in [1.29, 1.82) is 0 Å². The molecule has 170 valence electrons. The van der Waals surface area contributed by atoms with Gasteiger partial charge in [0.1, 0.15) is 15.8 Å². The van der Waals surface area contributed by atoms with Crippen LogP contribution < -0.4 is 4.90 Å². The molecule has 1 unspecified atom stereocenters. The Morgan fingerprint density at radius 2 is 2.00 bits per heavy atom. The van der Waals surface area contributed by atoms with E-state index in [1.54, 1.807) is 40.9 Å². The molecule has 0 bridgehead atoms. The number of amides is 1. The summed E-state index contributed by atoms with van der Waals surface area (Å²) in [6.45, 7) is 0.563. The van der Waals surface area contributed by atoms with Crippen molar-refractivity contribution in [3.05, 3.63) is 70.8 Å². The predicted molar refractivity (Wildman–Crippen MR) is 131 cm³/mol. The van der Waals surface area contributed by atoms with E-state index in [0.717, 1.165) is 21.6 Å². The van der Waals surface area contributed by atoms with Crippen LogP contribution >= 0.6 is 34.3 Å². The van der Waals surface area contributed by atoms with Gasteiger partial charge in [0, 0.05) is 18.9 Å². The van der Waals surface area contributed by atoms with Gasteiger partial charge < -0.3 is 0 Å². The van der Waals surface area contributed by atoms with E-state index in [-0.39, 0.29) is 16.7 Å². The summed E-state index contributed by atoms with van der Waals surface area (Å²) in [6, 6.07) is 11.6. The number of anilines is 1. The van der Waals surface area contributed by atoms with E-state index in [9.17, 15) is 13.2 Å². The van der Waals surface area contributed by atoms with Crippen LogP contribution in [0.2, 0.25) is 5.02 Å². The molecule has 33 heavy (non-hydrogen) atoms. The fourth-order valence-electron chi connectivity index (χ4n) is 3.91. The number of sulfonamides is 1. The summed E-state index contributed by atoms with van der Waals surface area (Å²) in [5, 5.41) is 2.72. The predicted octanol–water partition coefficient (Wildman–Crippen LogP) is 4.79. The number of nitrogens with zero attached hydrogens (tertiary/aromatic N) is 4. The molecule has 1 aromatic carbocycles. The Balaban J connectivity index is 1.54. The molecule has 4 aromatic rings. The molecule has 0 aliphatic carbocycles.